The molecule has 3 heterocycles. The molecule has 0 atom stereocenters. The summed E-state index contributed by atoms with van der Waals surface area (Å²) in [5.74, 6) is 0.425. The van der Waals surface area contributed by atoms with Crippen LogP contribution in [0.25, 0.3) is 10.9 Å². The van der Waals surface area contributed by atoms with Gasteiger partial charge in [0.25, 0.3) is 0 Å². The minimum atomic E-state index is -0.664. The van der Waals surface area contributed by atoms with Crippen LogP contribution < -0.4 is 24.4 Å². The zero-order valence-electron chi connectivity index (χ0n) is 25.0. The number of aromatic nitrogens is 1. The molecular formula is C34H35F2N5O4. The van der Waals surface area contributed by atoms with Gasteiger partial charge in [-0.25, -0.2) is 13.6 Å². The number of carbonyl (C=O) groups excluding carboxylic acids is 1. The number of nitrogens with zero attached hydrogens (tertiary/aromatic N) is 4. The van der Waals surface area contributed by atoms with Crippen molar-refractivity contribution in [2.45, 2.75) is 25.7 Å². The Morgan fingerprint density at radius 3 is 2.56 bits per heavy atom. The third kappa shape index (κ3) is 7.09. The molecule has 2 aliphatic heterocycles. The Bertz CT molecular complexity index is 1700. The normalized spacial score (nSPS) is 15.0. The molecule has 6 rings (SSSR count). The molecule has 3 aromatic carbocycles. The van der Waals surface area contributed by atoms with Gasteiger partial charge < -0.3 is 29.3 Å². The van der Waals surface area contributed by atoms with Crippen LogP contribution in [0, 0.1) is 11.6 Å². The third-order valence-corrected chi connectivity index (χ3v) is 7.87. The first-order valence-electron chi connectivity index (χ1n) is 15.0. The molecule has 4 aromatic rings. The molecule has 9 nitrogen and oxygen atoms in total. The summed E-state index contributed by atoms with van der Waals surface area (Å²) in [6.45, 7) is 3.97. The molecule has 0 spiro atoms. The minimum Gasteiger partial charge on any atom is -0.493 e. The highest BCUT2D eigenvalue weighted by molar-refractivity contribution is 5.91. The number of amides is 2. The van der Waals surface area contributed by atoms with E-state index in [1.54, 1.807) is 66.9 Å². The van der Waals surface area contributed by atoms with Gasteiger partial charge in [0.15, 0.2) is 23.1 Å². The quantitative estimate of drug-likeness (QED) is 0.187. The monoisotopic (exact) mass is 615 g/mol. The number of halogens is 2. The van der Waals surface area contributed by atoms with E-state index in [9.17, 15) is 9.18 Å². The summed E-state index contributed by atoms with van der Waals surface area (Å²) >= 11 is 0. The fourth-order valence-electron chi connectivity index (χ4n) is 5.51. The zero-order valence-corrected chi connectivity index (χ0v) is 25.0. The summed E-state index contributed by atoms with van der Waals surface area (Å²) in [6, 6.07) is 15.2. The highest BCUT2D eigenvalue weighted by atomic mass is 19.1. The summed E-state index contributed by atoms with van der Waals surface area (Å²) in [5.41, 5.74) is 1.21. The van der Waals surface area contributed by atoms with Crippen molar-refractivity contribution in [1.29, 1.82) is 0 Å². The van der Waals surface area contributed by atoms with Crippen LogP contribution in [0.4, 0.5) is 25.0 Å². The second kappa shape index (κ2) is 13.8. The number of para-hydroxylation sites is 1. The largest absolute Gasteiger partial charge is 0.493 e. The van der Waals surface area contributed by atoms with Crippen LogP contribution in [-0.2, 0) is 0 Å². The van der Waals surface area contributed by atoms with Crippen molar-refractivity contribution < 1.29 is 27.8 Å². The van der Waals surface area contributed by atoms with Gasteiger partial charge in [0.2, 0.25) is 0 Å². The zero-order chi connectivity index (χ0) is 31.2. The summed E-state index contributed by atoms with van der Waals surface area (Å²) in [6.07, 6.45) is 9.47. The van der Waals surface area contributed by atoms with Crippen molar-refractivity contribution in [1.82, 2.24) is 14.8 Å². The van der Waals surface area contributed by atoms with Crippen molar-refractivity contribution in [2.24, 2.45) is 0 Å². The number of hydrogen-bond acceptors (Lipinski definition) is 7. The lowest BCUT2D eigenvalue weighted by atomic mass is 10.1. The predicted octanol–water partition coefficient (Wildman–Crippen LogP) is 7.35. The van der Waals surface area contributed by atoms with Crippen molar-refractivity contribution in [3.8, 4) is 23.0 Å². The Morgan fingerprint density at radius 2 is 1.76 bits per heavy atom. The second-order valence-electron chi connectivity index (χ2n) is 10.9. The number of fused-ring (bicyclic) bond motifs is 1. The van der Waals surface area contributed by atoms with Gasteiger partial charge >= 0.3 is 6.03 Å². The van der Waals surface area contributed by atoms with Gasteiger partial charge in [-0.1, -0.05) is 18.6 Å². The molecular weight excluding hydrogens is 580 g/mol. The number of methoxy groups -OCH3 is 1. The fraction of sp³-hybridized carbons (Fsp3) is 0.294. The van der Waals surface area contributed by atoms with Crippen LogP contribution in [0.5, 0.6) is 23.0 Å². The lowest BCUT2D eigenvalue weighted by molar-refractivity contribution is 0.203. The fourth-order valence-corrected chi connectivity index (χ4v) is 5.51. The van der Waals surface area contributed by atoms with Crippen LogP contribution in [0.15, 0.2) is 79.3 Å². The minimum absolute atomic E-state index is 0.0238. The molecule has 45 heavy (non-hydrogen) atoms. The van der Waals surface area contributed by atoms with E-state index in [0.29, 0.717) is 40.4 Å². The molecule has 0 aliphatic carbocycles. The van der Waals surface area contributed by atoms with Crippen molar-refractivity contribution in [2.75, 3.05) is 50.2 Å². The summed E-state index contributed by atoms with van der Waals surface area (Å²) in [7, 11) is 1.57. The number of hydrogen-bond donors (Lipinski definition) is 1. The molecule has 1 saturated heterocycles. The Kier molecular flexibility index (Phi) is 9.25. The van der Waals surface area contributed by atoms with Crippen LogP contribution in [0.3, 0.4) is 0 Å². The maximum absolute atomic E-state index is 15.2. The van der Waals surface area contributed by atoms with E-state index in [1.165, 1.54) is 48.6 Å². The molecule has 0 bridgehead atoms. The summed E-state index contributed by atoms with van der Waals surface area (Å²) < 4.78 is 47.0. The van der Waals surface area contributed by atoms with E-state index in [-0.39, 0.29) is 18.1 Å². The number of nitrogens with one attached hydrogen (secondary N) is 1. The molecule has 1 N–H and O–H groups in total. The van der Waals surface area contributed by atoms with E-state index < -0.39 is 17.7 Å². The topological polar surface area (TPSA) is 79.4 Å². The molecule has 0 unspecified atom stereocenters. The molecule has 234 valence electrons. The summed E-state index contributed by atoms with van der Waals surface area (Å²) in [4.78, 5) is 22.7. The number of benzene rings is 3. The number of rotatable bonds is 10. The van der Waals surface area contributed by atoms with Gasteiger partial charge in [0.1, 0.15) is 18.2 Å². The van der Waals surface area contributed by atoms with Gasteiger partial charge in [-0.05, 0) is 68.8 Å². The standard InChI is InChI=1S/C34H35F2N5O4/c1-43-32-21-25-28(22-33(32)44-19-7-16-39-14-5-2-6-15-39)37-13-12-30(25)45-31-11-10-24(20-27(31)36)38-34(42)41-18-17-40(23-41)29-9-4-3-8-26(29)35/h3-4,8-13,17-18,20-22H,2,5-7,14-16,19,23H2,1H3,(H,38,42). The van der Waals surface area contributed by atoms with E-state index in [2.05, 4.69) is 15.2 Å². The van der Waals surface area contributed by atoms with Crippen molar-refractivity contribution in [3.63, 3.8) is 0 Å². The number of likely N-dealkylation sites (tertiary alicyclic amines) is 1. The first kappa shape index (κ1) is 30.1. The molecule has 1 fully saturated rings. The maximum atomic E-state index is 15.2. The summed E-state index contributed by atoms with van der Waals surface area (Å²) in [5, 5.41) is 3.30. The second-order valence-corrected chi connectivity index (χ2v) is 10.9. The highest BCUT2D eigenvalue weighted by Gasteiger charge is 2.22. The molecule has 2 aliphatic rings. The molecule has 0 radical (unpaired) electrons. The van der Waals surface area contributed by atoms with Crippen LogP contribution >= 0.6 is 0 Å². The first-order valence-corrected chi connectivity index (χ1v) is 15.0. The SMILES string of the molecule is COc1cc2c(Oc3ccc(NC(=O)N4C=CN(c5ccccc5F)C4)cc3F)ccnc2cc1OCCCN1CCCCC1. The number of ether oxygens (including phenoxy) is 3. The Morgan fingerprint density at radius 1 is 0.911 bits per heavy atom. The Balaban J connectivity index is 1.09. The van der Waals surface area contributed by atoms with Crippen LogP contribution in [0.1, 0.15) is 25.7 Å². The highest BCUT2D eigenvalue weighted by Crippen LogP contribution is 2.38. The van der Waals surface area contributed by atoms with E-state index in [0.717, 1.165) is 26.1 Å². The van der Waals surface area contributed by atoms with Crippen molar-refractivity contribution in [3.05, 3.63) is 90.9 Å². The van der Waals surface area contributed by atoms with Gasteiger partial charge in [-0.3, -0.25) is 9.88 Å². The lowest BCUT2D eigenvalue weighted by Gasteiger charge is -2.26. The van der Waals surface area contributed by atoms with Gasteiger partial charge in [0, 0.05) is 48.3 Å². The first-order chi connectivity index (χ1) is 22.0. The smallest absolute Gasteiger partial charge is 0.327 e. The number of anilines is 2. The number of carbonyl (C=O) groups is 1. The number of urea groups is 1. The average Bonchev–Trinajstić information content (AvgIpc) is 3.55. The Hall–Kier alpha value is -4.90. The van der Waals surface area contributed by atoms with E-state index in [1.807, 2.05) is 0 Å². The maximum Gasteiger partial charge on any atom is 0.327 e. The van der Waals surface area contributed by atoms with Crippen molar-refractivity contribution >= 4 is 28.3 Å². The predicted molar refractivity (Wildman–Crippen MR) is 169 cm³/mol. The number of pyridine rings is 1. The van der Waals surface area contributed by atoms with Gasteiger partial charge in [-0.15, -0.1) is 0 Å². The van der Waals surface area contributed by atoms with E-state index in [4.69, 9.17) is 14.2 Å². The lowest BCUT2D eigenvalue weighted by Crippen LogP contribution is -2.34. The average molecular weight is 616 g/mol. The van der Waals surface area contributed by atoms with Gasteiger partial charge in [0.05, 0.1) is 24.9 Å². The molecule has 11 heteroatoms. The van der Waals surface area contributed by atoms with Gasteiger partial charge in [-0.2, -0.15) is 0 Å². The molecule has 2 amide bonds. The molecule has 1 aromatic heterocycles. The Labute approximate surface area is 260 Å². The number of piperidine rings is 1. The van der Waals surface area contributed by atoms with Crippen LogP contribution in [0.2, 0.25) is 0 Å². The molecule has 0 saturated carbocycles. The van der Waals surface area contributed by atoms with Crippen LogP contribution in [-0.4, -0.2) is 60.8 Å². The van der Waals surface area contributed by atoms with E-state index >= 15 is 4.39 Å². The third-order valence-electron chi connectivity index (χ3n) is 7.87.